The minimum absolute atomic E-state index is 0.335. The molecule has 0 saturated heterocycles. The number of hydrogen-bond donors (Lipinski definition) is 0. The van der Waals surface area contributed by atoms with E-state index in [2.05, 4.69) is 6.58 Å². The Balaban J connectivity index is 2.13. The molecule has 0 atom stereocenters. The van der Waals surface area contributed by atoms with E-state index in [0.29, 0.717) is 4.90 Å². The Morgan fingerprint density at radius 3 is 2.50 bits per heavy atom. The maximum Gasteiger partial charge on any atom is 0.267 e. The van der Waals surface area contributed by atoms with E-state index in [9.17, 15) is 8.42 Å². The highest BCUT2D eigenvalue weighted by molar-refractivity contribution is 7.90. The molecule has 0 amide bonds. The van der Waals surface area contributed by atoms with Crippen LogP contribution in [0.3, 0.4) is 0 Å². The van der Waals surface area contributed by atoms with Crippen molar-refractivity contribution in [2.75, 3.05) is 0 Å². The number of rotatable bonds is 8. The molecule has 0 N–H and O–H groups in total. The second-order valence-electron chi connectivity index (χ2n) is 5.50. The van der Waals surface area contributed by atoms with Crippen LogP contribution in [0.5, 0.6) is 0 Å². The Morgan fingerprint density at radius 2 is 1.82 bits per heavy atom. The number of aromatic nitrogens is 1. The van der Waals surface area contributed by atoms with Gasteiger partial charge in [-0.15, -0.1) is 6.58 Å². The van der Waals surface area contributed by atoms with Gasteiger partial charge in [0.2, 0.25) is 0 Å². The number of aryl methyl sites for hydroxylation is 2. The predicted octanol–water partition coefficient (Wildman–Crippen LogP) is 4.32. The van der Waals surface area contributed by atoms with Gasteiger partial charge in [0, 0.05) is 11.9 Å². The highest BCUT2D eigenvalue weighted by Gasteiger charge is 2.18. The molecule has 0 radical (unpaired) electrons. The second-order valence-corrected chi connectivity index (χ2v) is 7.32. The fourth-order valence-electron chi connectivity index (χ4n) is 2.42. The summed E-state index contributed by atoms with van der Waals surface area (Å²) in [4.78, 5) is 0.335. The van der Waals surface area contributed by atoms with Crippen LogP contribution in [0.4, 0.5) is 0 Å². The van der Waals surface area contributed by atoms with Crippen LogP contribution in [0.2, 0.25) is 0 Å². The standard InChI is InChI=1S/C18H23NO2S/c1-3-4-5-6-7-9-17-10-8-15-19(17)22(20,21)18-13-11-16(2)12-14-18/h3,8,10-15H,1,4-7,9H2,2H3. The summed E-state index contributed by atoms with van der Waals surface area (Å²) in [5, 5.41) is 0. The third kappa shape index (κ3) is 3.89. The normalized spacial score (nSPS) is 11.5. The molecule has 0 aliphatic carbocycles. The van der Waals surface area contributed by atoms with E-state index in [1.807, 2.05) is 31.2 Å². The minimum atomic E-state index is -3.49. The molecule has 0 aliphatic rings. The molecule has 0 saturated carbocycles. The van der Waals surface area contributed by atoms with Gasteiger partial charge in [-0.2, -0.15) is 0 Å². The third-order valence-corrected chi connectivity index (χ3v) is 5.45. The lowest BCUT2D eigenvalue weighted by atomic mass is 10.1. The van der Waals surface area contributed by atoms with Crippen molar-refractivity contribution >= 4 is 10.0 Å². The summed E-state index contributed by atoms with van der Waals surface area (Å²) in [6.45, 7) is 5.66. The topological polar surface area (TPSA) is 39.1 Å². The van der Waals surface area contributed by atoms with Crippen molar-refractivity contribution in [2.45, 2.75) is 43.9 Å². The van der Waals surface area contributed by atoms with Crippen molar-refractivity contribution in [1.29, 1.82) is 0 Å². The molecule has 0 spiro atoms. The summed E-state index contributed by atoms with van der Waals surface area (Å²) in [5.41, 5.74) is 1.90. The molecule has 0 fully saturated rings. The summed E-state index contributed by atoms with van der Waals surface area (Å²) in [7, 11) is -3.49. The maximum atomic E-state index is 12.7. The summed E-state index contributed by atoms with van der Waals surface area (Å²) in [6.07, 6.45) is 8.52. The Labute approximate surface area is 133 Å². The molecule has 1 aromatic carbocycles. The highest BCUT2D eigenvalue weighted by atomic mass is 32.2. The Bertz CT molecular complexity index is 712. The molecular weight excluding hydrogens is 294 g/mol. The first-order valence-corrected chi connectivity index (χ1v) is 9.09. The first-order chi connectivity index (χ1) is 10.6. The summed E-state index contributed by atoms with van der Waals surface area (Å²) < 4.78 is 26.8. The van der Waals surface area contributed by atoms with E-state index in [1.54, 1.807) is 24.4 Å². The average Bonchev–Trinajstić information content (AvgIpc) is 2.97. The largest absolute Gasteiger partial charge is 0.267 e. The number of allylic oxidation sites excluding steroid dienone is 1. The van der Waals surface area contributed by atoms with E-state index < -0.39 is 10.0 Å². The molecular formula is C18H23NO2S. The summed E-state index contributed by atoms with van der Waals surface area (Å²) in [5.74, 6) is 0. The Kier molecular flexibility index (Phi) is 5.61. The van der Waals surface area contributed by atoms with Crippen molar-refractivity contribution in [2.24, 2.45) is 0 Å². The van der Waals surface area contributed by atoms with Crippen molar-refractivity contribution in [1.82, 2.24) is 3.97 Å². The maximum absolute atomic E-state index is 12.7. The fraction of sp³-hybridized carbons (Fsp3) is 0.333. The molecule has 118 valence electrons. The van der Waals surface area contributed by atoms with E-state index in [-0.39, 0.29) is 0 Å². The van der Waals surface area contributed by atoms with Gasteiger partial charge in [-0.25, -0.2) is 12.4 Å². The molecule has 2 aromatic rings. The minimum Gasteiger partial charge on any atom is -0.246 e. The molecule has 1 heterocycles. The van der Waals surface area contributed by atoms with Crippen molar-refractivity contribution in [3.05, 3.63) is 66.5 Å². The first kappa shape index (κ1) is 16.6. The number of nitrogens with zero attached hydrogens (tertiary/aromatic N) is 1. The Morgan fingerprint density at radius 1 is 1.09 bits per heavy atom. The van der Waals surface area contributed by atoms with Gasteiger partial charge in [0.1, 0.15) is 0 Å². The molecule has 0 unspecified atom stereocenters. The van der Waals surface area contributed by atoms with Gasteiger partial charge in [-0.1, -0.05) is 30.2 Å². The predicted molar refractivity (Wildman–Crippen MR) is 90.6 cm³/mol. The first-order valence-electron chi connectivity index (χ1n) is 7.65. The number of hydrogen-bond acceptors (Lipinski definition) is 2. The molecule has 0 bridgehead atoms. The van der Waals surface area contributed by atoms with Crippen LogP contribution in [0.15, 0.2) is 60.1 Å². The van der Waals surface area contributed by atoms with Crippen molar-refractivity contribution < 1.29 is 8.42 Å². The number of benzene rings is 1. The van der Waals surface area contributed by atoms with Crippen LogP contribution < -0.4 is 0 Å². The van der Waals surface area contributed by atoms with Crippen LogP contribution in [0.1, 0.15) is 36.9 Å². The average molecular weight is 317 g/mol. The highest BCUT2D eigenvalue weighted by Crippen LogP contribution is 2.19. The Hall–Kier alpha value is -1.81. The van der Waals surface area contributed by atoms with E-state index in [4.69, 9.17) is 0 Å². The van der Waals surface area contributed by atoms with Gasteiger partial charge in [0.05, 0.1) is 4.90 Å². The van der Waals surface area contributed by atoms with Gasteiger partial charge in [0.25, 0.3) is 10.0 Å². The zero-order valence-electron chi connectivity index (χ0n) is 13.0. The van der Waals surface area contributed by atoms with Gasteiger partial charge in [-0.3, -0.25) is 0 Å². The zero-order valence-corrected chi connectivity index (χ0v) is 13.8. The zero-order chi connectivity index (χ0) is 16.0. The summed E-state index contributed by atoms with van der Waals surface area (Å²) >= 11 is 0. The molecule has 3 nitrogen and oxygen atoms in total. The summed E-state index contributed by atoms with van der Waals surface area (Å²) in [6, 6.07) is 10.7. The van der Waals surface area contributed by atoms with Crippen molar-refractivity contribution in [3.8, 4) is 0 Å². The number of unbranched alkanes of at least 4 members (excludes halogenated alkanes) is 3. The molecule has 0 aliphatic heterocycles. The van der Waals surface area contributed by atoms with Gasteiger partial charge in [0.15, 0.2) is 0 Å². The lowest BCUT2D eigenvalue weighted by Crippen LogP contribution is -2.14. The third-order valence-electron chi connectivity index (χ3n) is 3.71. The lowest BCUT2D eigenvalue weighted by molar-refractivity contribution is 0.583. The quantitative estimate of drug-likeness (QED) is 0.537. The fourth-order valence-corrected chi connectivity index (χ4v) is 3.82. The molecule has 22 heavy (non-hydrogen) atoms. The van der Waals surface area contributed by atoms with Crippen LogP contribution >= 0.6 is 0 Å². The van der Waals surface area contributed by atoms with Crippen LogP contribution in [0, 0.1) is 6.92 Å². The molecule has 4 heteroatoms. The van der Waals surface area contributed by atoms with Crippen molar-refractivity contribution in [3.63, 3.8) is 0 Å². The monoisotopic (exact) mass is 317 g/mol. The molecule has 1 aromatic heterocycles. The van der Waals surface area contributed by atoms with Gasteiger partial charge in [-0.05, 0) is 56.9 Å². The molecule has 2 rings (SSSR count). The second kappa shape index (κ2) is 7.45. The van der Waals surface area contributed by atoms with Crippen LogP contribution in [-0.2, 0) is 16.4 Å². The SMILES string of the molecule is C=CCCCCCc1cccn1S(=O)(=O)c1ccc(C)cc1. The van der Waals surface area contributed by atoms with E-state index in [0.717, 1.165) is 43.4 Å². The van der Waals surface area contributed by atoms with Crippen LogP contribution in [-0.4, -0.2) is 12.4 Å². The van der Waals surface area contributed by atoms with E-state index in [1.165, 1.54) is 3.97 Å². The smallest absolute Gasteiger partial charge is 0.246 e. The lowest BCUT2D eigenvalue weighted by Gasteiger charge is -2.11. The van der Waals surface area contributed by atoms with Gasteiger partial charge < -0.3 is 0 Å². The van der Waals surface area contributed by atoms with E-state index >= 15 is 0 Å². The van der Waals surface area contributed by atoms with Crippen LogP contribution in [0.25, 0.3) is 0 Å². The van der Waals surface area contributed by atoms with Gasteiger partial charge >= 0.3 is 0 Å².